The van der Waals surface area contributed by atoms with Crippen LogP contribution in [0.25, 0.3) is 0 Å². The third kappa shape index (κ3) is 3.29. The molecule has 0 spiro atoms. The molecule has 0 heterocycles. The Kier molecular flexibility index (Phi) is 4.87. The third-order valence-corrected chi connectivity index (χ3v) is 6.72. The highest BCUT2D eigenvalue weighted by molar-refractivity contribution is 7.86. The number of rotatable bonds is 4. The van der Waals surface area contributed by atoms with Gasteiger partial charge in [-0.3, -0.25) is 0 Å². The van der Waals surface area contributed by atoms with Crippen LogP contribution in [0, 0.1) is 0 Å². The number of nitrogen functional groups attached to an aromatic ring is 3. The molecule has 0 aliphatic carbocycles. The zero-order chi connectivity index (χ0) is 18.0. The molecule has 0 aliphatic heterocycles. The van der Waals surface area contributed by atoms with Crippen LogP contribution in [0.1, 0.15) is 0 Å². The highest BCUT2D eigenvalue weighted by Gasteiger charge is 2.19. The maximum Gasteiger partial charge on any atom is 0.0892 e. The minimum atomic E-state index is -1.57. The largest absolute Gasteiger partial charge is 0.398 e. The second kappa shape index (κ2) is 7.08. The molecule has 6 N–H and O–H groups in total. The number of benzene rings is 3. The molecular formula is C18H17N3O2S2. The molecule has 0 aromatic heterocycles. The van der Waals surface area contributed by atoms with Crippen LogP contribution in [-0.4, -0.2) is 8.42 Å². The van der Waals surface area contributed by atoms with E-state index >= 15 is 0 Å². The molecule has 0 amide bonds. The molecule has 128 valence electrons. The van der Waals surface area contributed by atoms with Crippen LogP contribution in [0.2, 0.25) is 0 Å². The first-order valence-corrected chi connectivity index (χ1v) is 9.71. The van der Waals surface area contributed by atoms with E-state index in [1.54, 1.807) is 66.7 Å². The van der Waals surface area contributed by atoms with E-state index in [0.717, 1.165) is 0 Å². The number of hydrogen-bond donors (Lipinski definition) is 3. The third-order valence-electron chi connectivity index (χ3n) is 3.66. The lowest BCUT2D eigenvalue weighted by atomic mass is 10.3. The molecule has 0 saturated heterocycles. The minimum Gasteiger partial charge on any atom is -0.398 e. The highest BCUT2D eigenvalue weighted by Crippen LogP contribution is 2.32. The van der Waals surface area contributed by atoms with Crippen LogP contribution in [0.5, 0.6) is 0 Å². The molecule has 0 bridgehead atoms. The van der Waals surface area contributed by atoms with E-state index in [2.05, 4.69) is 0 Å². The summed E-state index contributed by atoms with van der Waals surface area (Å²) in [7, 11) is -3.15. The van der Waals surface area contributed by atoms with E-state index in [1.165, 1.54) is 0 Å². The van der Waals surface area contributed by atoms with Crippen molar-refractivity contribution in [3.63, 3.8) is 0 Å². The molecule has 0 saturated carbocycles. The highest BCUT2D eigenvalue weighted by atomic mass is 32.2. The summed E-state index contributed by atoms with van der Waals surface area (Å²) in [5, 5.41) is 0. The second-order valence-electron chi connectivity index (χ2n) is 5.28. The quantitative estimate of drug-likeness (QED) is 0.611. The average molecular weight is 371 g/mol. The van der Waals surface area contributed by atoms with Gasteiger partial charge < -0.3 is 17.2 Å². The Labute approximate surface area is 150 Å². The SMILES string of the molecule is Nc1ccccc1S(=O)c1cccc(S(=O)c2ccccc2N)c1N. The minimum absolute atomic E-state index is 0.214. The lowest BCUT2D eigenvalue weighted by Gasteiger charge is -2.12. The topological polar surface area (TPSA) is 112 Å². The Morgan fingerprint density at radius 3 is 1.28 bits per heavy atom. The first-order chi connectivity index (χ1) is 12.0. The Balaban J connectivity index is 2.07. The first-order valence-electron chi connectivity index (χ1n) is 7.41. The van der Waals surface area contributed by atoms with Crippen molar-refractivity contribution in [3.05, 3.63) is 66.7 Å². The summed E-state index contributed by atoms with van der Waals surface area (Å²) >= 11 is 0. The van der Waals surface area contributed by atoms with Gasteiger partial charge in [-0.2, -0.15) is 0 Å². The zero-order valence-corrected chi connectivity index (χ0v) is 14.8. The summed E-state index contributed by atoms with van der Waals surface area (Å²) in [5.74, 6) is 0. The number of nitrogens with two attached hydrogens (primary N) is 3. The molecule has 7 heteroatoms. The Hall–Kier alpha value is -2.64. The van der Waals surface area contributed by atoms with E-state index in [-0.39, 0.29) is 5.69 Å². The summed E-state index contributed by atoms with van der Waals surface area (Å²) in [4.78, 5) is 1.68. The van der Waals surface area contributed by atoms with Gasteiger partial charge in [0.2, 0.25) is 0 Å². The summed E-state index contributed by atoms with van der Waals surface area (Å²) in [6, 6.07) is 18.7. The molecule has 0 aliphatic rings. The van der Waals surface area contributed by atoms with Crippen molar-refractivity contribution >= 4 is 38.7 Å². The van der Waals surface area contributed by atoms with E-state index < -0.39 is 21.6 Å². The van der Waals surface area contributed by atoms with Crippen molar-refractivity contribution in [2.45, 2.75) is 19.6 Å². The van der Waals surface area contributed by atoms with Crippen LogP contribution in [0.15, 0.2) is 86.3 Å². The summed E-state index contributed by atoms with van der Waals surface area (Å²) in [6.07, 6.45) is 0. The molecule has 3 rings (SSSR count). The summed E-state index contributed by atoms with van der Waals surface area (Å²) < 4.78 is 25.8. The van der Waals surface area contributed by atoms with Gasteiger partial charge in [0.1, 0.15) is 0 Å². The average Bonchev–Trinajstić information content (AvgIpc) is 2.62. The van der Waals surface area contributed by atoms with E-state index in [0.29, 0.717) is 31.0 Å². The van der Waals surface area contributed by atoms with Crippen molar-refractivity contribution in [2.75, 3.05) is 17.2 Å². The van der Waals surface area contributed by atoms with Gasteiger partial charge in [0.25, 0.3) is 0 Å². The van der Waals surface area contributed by atoms with Gasteiger partial charge >= 0.3 is 0 Å². The maximum atomic E-state index is 12.9. The van der Waals surface area contributed by atoms with Crippen LogP contribution in [0.3, 0.4) is 0 Å². The van der Waals surface area contributed by atoms with Crippen LogP contribution < -0.4 is 17.2 Å². The van der Waals surface area contributed by atoms with Crippen molar-refractivity contribution in [2.24, 2.45) is 0 Å². The Morgan fingerprint density at radius 2 is 0.880 bits per heavy atom. The lowest BCUT2D eigenvalue weighted by molar-refractivity contribution is 0.682. The molecule has 3 aromatic rings. The number of hydrogen-bond acceptors (Lipinski definition) is 5. The fourth-order valence-corrected chi connectivity index (χ4v) is 4.91. The lowest BCUT2D eigenvalue weighted by Crippen LogP contribution is -2.06. The molecule has 25 heavy (non-hydrogen) atoms. The van der Waals surface area contributed by atoms with Gasteiger partial charge in [0.05, 0.1) is 46.9 Å². The van der Waals surface area contributed by atoms with Gasteiger partial charge in [0, 0.05) is 11.4 Å². The normalized spacial score (nSPS) is 13.3. The van der Waals surface area contributed by atoms with Gasteiger partial charge in [-0.05, 0) is 36.4 Å². The monoisotopic (exact) mass is 371 g/mol. The predicted molar refractivity (Wildman–Crippen MR) is 102 cm³/mol. The van der Waals surface area contributed by atoms with Crippen LogP contribution in [-0.2, 0) is 21.6 Å². The Morgan fingerprint density at radius 1 is 0.520 bits per heavy atom. The summed E-state index contributed by atoms with van der Waals surface area (Å²) in [5.41, 5.74) is 19.1. The smallest absolute Gasteiger partial charge is 0.0892 e. The standard InChI is InChI=1S/C18H17N3O2S2/c19-12-6-1-3-8-14(12)24(22)16-10-5-11-17(18(16)21)25(23)15-9-4-2-7-13(15)20/h1-11H,19-21H2. The van der Waals surface area contributed by atoms with E-state index in [1.807, 2.05) is 0 Å². The van der Waals surface area contributed by atoms with Gasteiger partial charge in [-0.15, -0.1) is 0 Å². The first kappa shape index (κ1) is 17.2. The maximum absolute atomic E-state index is 12.9. The van der Waals surface area contributed by atoms with Crippen LogP contribution >= 0.6 is 0 Å². The number of anilines is 3. The van der Waals surface area contributed by atoms with Crippen molar-refractivity contribution in [3.8, 4) is 0 Å². The fourth-order valence-electron chi connectivity index (χ4n) is 2.38. The zero-order valence-electron chi connectivity index (χ0n) is 13.2. The molecule has 5 nitrogen and oxygen atoms in total. The molecule has 2 atom stereocenters. The van der Waals surface area contributed by atoms with Gasteiger partial charge in [0.15, 0.2) is 0 Å². The van der Waals surface area contributed by atoms with Crippen molar-refractivity contribution in [1.29, 1.82) is 0 Å². The fraction of sp³-hybridized carbons (Fsp3) is 0. The van der Waals surface area contributed by atoms with E-state index in [9.17, 15) is 8.42 Å². The second-order valence-corrected chi connectivity index (χ2v) is 8.12. The molecule has 0 fully saturated rings. The molecule has 0 radical (unpaired) electrons. The molecular weight excluding hydrogens is 354 g/mol. The van der Waals surface area contributed by atoms with Crippen molar-refractivity contribution in [1.82, 2.24) is 0 Å². The Bertz CT molecular complexity index is 914. The predicted octanol–water partition coefficient (Wildman–Crippen LogP) is 2.77. The number of para-hydroxylation sites is 3. The summed E-state index contributed by atoms with van der Waals surface area (Å²) in [6.45, 7) is 0. The van der Waals surface area contributed by atoms with Crippen molar-refractivity contribution < 1.29 is 8.42 Å². The molecule has 3 aromatic carbocycles. The molecule has 2 unspecified atom stereocenters. The van der Waals surface area contributed by atoms with Gasteiger partial charge in [-0.25, -0.2) is 8.42 Å². The van der Waals surface area contributed by atoms with Crippen LogP contribution in [0.4, 0.5) is 17.1 Å². The van der Waals surface area contributed by atoms with E-state index in [4.69, 9.17) is 17.2 Å². The van der Waals surface area contributed by atoms with Gasteiger partial charge in [-0.1, -0.05) is 30.3 Å².